The molecule has 6 heteroatoms. The molecule has 0 saturated carbocycles. The maximum Gasteiger partial charge on any atom is 0.266 e. The Morgan fingerprint density at radius 3 is 2.53 bits per heavy atom. The van der Waals surface area contributed by atoms with Crippen LogP contribution in [0.15, 0.2) is 72.3 Å². The standard InChI is InChI=1S/C24H18Cl2N2O2/c1-16-21(26)6-4-7-22(16)28-24(29)19(14-27)13-18-5-2-3-8-23(18)30-15-17-9-11-20(25)12-10-17/h2-13H,15H2,1H3,(H,28,29)/b19-13-. The second-order valence-corrected chi connectivity index (χ2v) is 7.33. The number of nitrogens with zero attached hydrogens (tertiary/aromatic N) is 1. The Labute approximate surface area is 185 Å². The highest BCUT2D eigenvalue weighted by Gasteiger charge is 2.13. The van der Waals surface area contributed by atoms with Crippen LogP contribution in [0.25, 0.3) is 6.08 Å². The third kappa shape index (κ3) is 5.42. The van der Waals surface area contributed by atoms with Crippen molar-refractivity contribution in [3.8, 4) is 11.8 Å². The molecule has 3 aromatic carbocycles. The Hall–Kier alpha value is -3.26. The molecule has 0 aromatic heterocycles. The van der Waals surface area contributed by atoms with Gasteiger partial charge >= 0.3 is 0 Å². The first-order chi connectivity index (χ1) is 14.5. The van der Waals surface area contributed by atoms with E-state index in [2.05, 4.69) is 5.32 Å². The van der Waals surface area contributed by atoms with E-state index >= 15 is 0 Å². The van der Waals surface area contributed by atoms with E-state index in [1.807, 2.05) is 30.3 Å². The maximum atomic E-state index is 12.6. The summed E-state index contributed by atoms with van der Waals surface area (Å²) in [7, 11) is 0. The first kappa shape index (κ1) is 21.4. The minimum absolute atomic E-state index is 0.0445. The first-order valence-electron chi connectivity index (χ1n) is 9.12. The molecule has 3 aromatic rings. The van der Waals surface area contributed by atoms with Gasteiger partial charge in [0, 0.05) is 21.3 Å². The zero-order valence-corrected chi connectivity index (χ0v) is 17.7. The van der Waals surface area contributed by atoms with Crippen LogP contribution in [0.1, 0.15) is 16.7 Å². The molecule has 0 spiro atoms. The number of para-hydroxylation sites is 1. The van der Waals surface area contributed by atoms with Crippen LogP contribution in [0.5, 0.6) is 5.75 Å². The van der Waals surface area contributed by atoms with Gasteiger partial charge in [-0.25, -0.2) is 0 Å². The molecule has 0 bridgehead atoms. The van der Waals surface area contributed by atoms with Crippen LogP contribution < -0.4 is 10.1 Å². The lowest BCUT2D eigenvalue weighted by molar-refractivity contribution is -0.112. The van der Waals surface area contributed by atoms with Crippen molar-refractivity contribution in [2.24, 2.45) is 0 Å². The van der Waals surface area contributed by atoms with Crippen LogP contribution in [0.2, 0.25) is 10.0 Å². The van der Waals surface area contributed by atoms with E-state index < -0.39 is 5.91 Å². The molecule has 0 aliphatic rings. The van der Waals surface area contributed by atoms with E-state index in [0.717, 1.165) is 11.1 Å². The molecule has 0 aliphatic heterocycles. The number of carbonyl (C=O) groups is 1. The molecule has 0 saturated heterocycles. The number of benzene rings is 3. The number of amides is 1. The topological polar surface area (TPSA) is 62.1 Å². The Balaban J connectivity index is 1.80. The van der Waals surface area contributed by atoms with E-state index in [4.69, 9.17) is 27.9 Å². The van der Waals surface area contributed by atoms with Gasteiger partial charge in [0.1, 0.15) is 24.0 Å². The molecular formula is C24H18Cl2N2O2. The molecule has 0 unspecified atom stereocenters. The van der Waals surface area contributed by atoms with Crippen LogP contribution in [0, 0.1) is 18.3 Å². The Morgan fingerprint density at radius 1 is 1.07 bits per heavy atom. The number of hydrogen-bond acceptors (Lipinski definition) is 3. The lowest BCUT2D eigenvalue weighted by Crippen LogP contribution is -2.14. The van der Waals surface area contributed by atoms with Crippen LogP contribution in [0.4, 0.5) is 5.69 Å². The molecule has 0 fully saturated rings. The maximum absolute atomic E-state index is 12.6. The summed E-state index contributed by atoms with van der Waals surface area (Å²) in [4.78, 5) is 12.6. The quantitative estimate of drug-likeness (QED) is 0.357. The van der Waals surface area contributed by atoms with Gasteiger partial charge in [0.2, 0.25) is 0 Å². The van der Waals surface area contributed by atoms with Gasteiger partial charge < -0.3 is 10.1 Å². The van der Waals surface area contributed by atoms with Crippen molar-refractivity contribution in [1.29, 1.82) is 5.26 Å². The van der Waals surface area contributed by atoms with Gasteiger partial charge in [0.15, 0.2) is 0 Å². The third-order valence-corrected chi connectivity index (χ3v) is 5.07. The number of halogens is 2. The minimum Gasteiger partial charge on any atom is -0.488 e. The van der Waals surface area contributed by atoms with Crippen LogP contribution in [-0.4, -0.2) is 5.91 Å². The summed E-state index contributed by atoms with van der Waals surface area (Å²) in [6.45, 7) is 2.13. The Bertz CT molecular complexity index is 1130. The molecule has 0 atom stereocenters. The molecule has 4 nitrogen and oxygen atoms in total. The van der Waals surface area contributed by atoms with E-state index in [1.165, 1.54) is 6.08 Å². The molecule has 150 valence electrons. The number of nitriles is 1. The minimum atomic E-state index is -0.518. The average molecular weight is 437 g/mol. The van der Waals surface area contributed by atoms with Crippen molar-refractivity contribution in [2.75, 3.05) is 5.32 Å². The first-order valence-corrected chi connectivity index (χ1v) is 9.88. The number of anilines is 1. The van der Waals surface area contributed by atoms with Gasteiger partial charge in [-0.15, -0.1) is 0 Å². The Morgan fingerprint density at radius 2 is 1.80 bits per heavy atom. The van der Waals surface area contributed by atoms with Gasteiger partial charge in [0.25, 0.3) is 5.91 Å². The number of rotatable bonds is 6. The van der Waals surface area contributed by atoms with E-state index in [-0.39, 0.29) is 5.57 Å². The van der Waals surface area contributed by atoms with Gasteiger partial charge in [-0.2, -0.15) is 5.26 Å². The SMILES string of the molecule is Cc1c(Cl)cccc1NC(=O)/C(C#N)=C\c1ccccc1OCc1ccc(Cl)cc1. The molecule has 3 rings (SSSR count). The zero-order chi connectivity index (χ0) is 21.5. The van der Waals surface area contributed by atoms with Crippen LogP contribution in [-0.2, 0) is 11.4 Å². The summed E-state index contributed by atoms with van der Waals surface area (Å²) in [5.41, 5.74) is 2.82. The van der Waals surface area contributed by atoms with Gasteiger partial charge in [0.05, 0.1) is 0 Å². The Kier molecular flexibility index (Phi) is 7.13. The lowest BCUT2D eigenvalue weighted by atomic mass is 10.1. The lowest BCUT2D eigenvalue weighted by Gasteiger charge is -2.11. The highest BCUT2D eigenvalue weighted by molar-refractivity contribution is 6.32. The fourth-order valence-corrected chi connectivity index (χ4v) is 3.01. The molecule has 1 amide bonds. The fourth-order valence-electron chi connectivity index (χ4n) is 2.71. The molecule has 30 heavy (non-hydrogen) atoms. The van der Waals surface area contributed by atoms with Crippen LogP contribution in [0.3, 0.4) is 0 Å². The van der Waals surface area contributed by atoms with Crippen molar-refractivity contribution in [2.45, 2.75) is 13.5 Å². The van der Waals surface area contributed by atoms with Crippen molar-refractivity contribution < 1.29 is 9.53 Å². The number of nitrogens with one attached hydrogen (secondary N) is 1. The summed E-state index contributed by atoms with van der Waals surface area (Å²) in [5, 5.41) is 13.5. The summed E-state index contributed by atoms with van der Waals surface area (Å²) in [6.07, 6.45) is 1.51. The predicted molar refractivity (Wildman–Crippen MR) is 121 cm³/mol. The van der Waals surface area contributed by atoms with Crippen molar-refractivity contribution in [3.05, 3.63) is 99.0 Å². The smallest absolute Gasteiger partial charge is 0.266 e. The fraction of sp³-hybridized carbons (Fsp3) is 0.0833. The van der Waals surface area contributed by atoms with Crippen molar-refractivity contribution in [3.63, 3.8) is 0 Å². The molecular weight excluding hydrogens is 419 g/mol. The van der Waals surface area contributed by atoms with Crippen molar-refractivity contribution in [1.82, 2.24) is 0 Å². The van der Waals surface area contributed by atoms with Gasteiger partial charge in [-0.1, -0.05) is 59.6 Å². The monoisotopic (exact) mass is 436 g/mol. The summed E-state index contributed by atoms with van der Waals surface area (Å²) in [6, 6.07) is 21.7. The number of hydrogen-bond donors (Lipinski definition) is 1. The predicted octanol–water partition coefficient (Wildman–Crippen LogP) is 6.43. The largest absolute Gasteiger partial charge is 0.488 e. The average Bonchev–Trinajstić information content (AvgIpc) is 2.75. The van der Waals surface area contributed by atoms with Gasteiger partial charge in [-0.3, -0.25) is 4.79 Å². The summed E-state index contributed by atoms with van der Waals surface area (Å²) >= 11 is 12.0. The van der Waals surface area contributed by atoms with E-state index in [1.54, 1.807) is 49.4 Å². The third-order valence-electron chi connectivity index (χ3n) is 4.41. The second kappa shape index (κ2) is 9.98. The number of ether oxygens (including phenoxy) is 1. The highest BCUT2D eigenvalue weighted by Crippen LogP contribution is 2.25. The van der Waals surface area contributed by atoms with E-state index in [9.17, 15) is 10.1 Å². The number of carbonyl (C=O) groups excluding carboxylic acids is 1. The normalized spacial score (nSPS) is 10.9. The summed E-state index contributed by atoms with van der Waals surface area (Å²) < 4.78 is 5.90. The highest BCUT2D eigenvalue weighted by atomic mass is 35.5. The van der Waals surface area contributed by atoms with Crippen molar-refractivity contribution >= 4 is 40.9 Å². The molecule has 0 radical (unpaired) electrons. The van der Waals surface area contributed by atoms with Crippen LogP contribution >= 0.6 is 23.2 Å². The van der Waals surface area contributed by atoms with E-state index in [0.29, 0.717) is 33.7 Å². The summed E-state index contributed by atoms with van der Waals surface area (Å²) in [5.74, 6) is 0.0438. The molecule has 1 N–H and O–H groups in total. The zero-order valence-electron chi connectivity index (χ0n) is 16.2. The molecule has 0 aliphatic carbocycles. The molecule has 0 heterocycles. The second-order valence-electron chi connectivity index (χ2n) is 6.49. The van der Waals surface area contributed by atoms with Gasteiger partial charge in [-0.05, 0) is 54.5 Å².